The van der Waals surface area contributed by atoms with Crippen molar-refractivity contribution in [2.45, 2.75) is 6.54 Å². The molecule has 7 heteroatoms. The fourth-order valence-corrected chi connectivity index (χ4v) is 4.29. The summed E-state index contributed by atoms with van der Waals surface area (Å²) in [5.74, 6) is 2.36. The van der Waals surface area contributed by atoms with E-state index in [-0.39, 0.29) is 12.5 Å². The molecule has 0 radical (unpaired) electrons. The lowest BCUT2D eigenvalue weighted by Gasteiger charge is -2.35. The van der Waals surface area contributed by atoms with E-state index in [1.54, 1.807) is 19.2 Å². The number of methoxy groups -OCH3 is 1. The van der Waals surface area contributed by atoms with Gasteiger partial charge in [0.05, 0.1) is 24.7 Å². The van der Waals surface area contributed by atoms with Crippen LogP contribution in [0.4, 0.5) is 5.95 Å². The van der Waals surface area contributed by atoms with Crippen LogP contribution in [0, 0.1) is 0 Å². The fourth-order valence-electron chi connectivity index (χ4n) is 4.29. The normalized spacial score (nSPS) is 13.8. The molecule has 0 aliphatic carbocycles. The standard InChI is InChI=1S/C27H28N4O3/c1-33-22-11-13-23(14-12-22)34-20-26(32)29-15-17-30(18-16-29)27-28-24-9-5-6-10-25(24)31(27)19-21-7-3-2-4-8-21/h2-14H,15-20H2,1H3. The summed E-state index contributed by atoms with van der Waals surface area (Å²) in [6.07, 6.45) is 0. The second-order valence-corrected chi connectivity index (χ2v) is 8.30. The number of rotatable bonds is 7. The zero-order chi connectivity index (χ0) is 23.3. The van der Waals surface area contributed by atoms with Gasteiger partial charge in [0.2, 0.25) is 5.95 Å². The zero-order valence-electron chi connectivity index (χ0n) is 19.3. The topological polar surface area (TPSA) is 59.8 Å². The molecule has 7 nitrogen and oxygen atoms in total. The first kappa shape index (κ1) is 21.8. The third kappa shape index (κ3) is 4.69. The quantitative estimate of drug-likeness (QED) is 0.423. The number of imidazole rings is 1. The van der Waals surface area contributed by atoms with Crippen molar-refractivity contribution in [3.63, 3.8) is 0 Å². The average molecular weight is 457 g/mol. The van der Waals surface area contributed by atoms with Crippen molar-refractivity contribution in [1.82, 2.24) is 14.5 Å². The minimum Gasteiger partial charge on any atom is -0.497 e. The zero-order valence-corrected chi connectivity index (χ0v) is 19.3. The molecule has 1 aliphatic heterocycles. The molecule has 0 bridgehead atoms. The van der Waals surface area contributed by atoms with Crippen LogP contribution in [0.15, 0.2) is 78.9 Å². The number of para-hydroxylation sites is 2. The number of hydrogen-bond donors (Lipinski definition) is 0. The van der Waals surface area contributed by atoms with Gasteiger partial charge in [0, 0.05) is 26.2 Å². The van der Waals surface area contributed by atoms with E-state index in [4.69, 9.17) is 14.5 Å². The summed E-state index contributed by atoms with van der Waals surface area (Å²) >= 11 is 0. The molecule has 0 spiro atoms. The Balaban J connectivity index is 1.25. The Kier molecular flexibility index (Phi) is 6.33. The van der Waals surface area contributed by atoms with Gasteiger partial charge in [0.1, 0.15) is 11.5 Å². The Labute approximate surface area is 199 Å². The van der Waals surface area contributed by atoms with Gasteiger partial charge < -0.3 is 23.8 Å². The van der Waals surface area contributed by atoms with Crippen LogP contribution >= 0.6 is 0 Å². The highest BCUT2D eigenvalue weighted by atomic mass is 16.5. The van der Waals surface area contributed by atoms with Crippen molar-refractivity contribution in [2.24, 2.45) is 0 Å². The predicted octanol–water partition coefficient (Wildman–Crippen LogP) is 3.82. The summed E-state index contributed by atoms with van der Waals surface area (Å²) < 4.78 is 13.1. The van der Waals surface area contributed by atoms with E-state index in [1.807, 2.05) is 29.2 Å². The van der Waals surface area contributed by atoms with E-state index in [9.17, 15) is 4.79 Å². The second kappa shape index (κ2) is 9.87. The molecule has 0 atom stereocenters. The molecule has 5 rings (SSSR count). The number of amides is 1. The maximum Gasteiger partial charge on any atom is 0.260 e. The van der Waals surface area contributed by atoms with Crippen LogP contribution in [0.5, 0.6) is 11.5 Å². The van der Waals surface area contributed by atoms with Crippen LogP contribution in [0.2, 0.25) is 0 Å². The van der Waals surface area contributed by atoms with E-state index < -0.39 is 0 Å². The average Bonchev–Trinajstić information content (AvgIpc) is 3.26. The predicted molar refractivity (Wildman–Crippen MR) is 133 cm³/mol. The number of hydrogen-bond acceptors (Lipinski definition) is 5. The molecule has 1 saturated heterocycles. The number of carbonyl (C=O) groups excluding carboxylic acids is 1. The van der Waals surface area contributed by atoms with Gasteiger partial charge in [-0.3, -0.25) is 4.79 Å². The van der Waals surface area contributed by atoms with Crippen molar-refractivity contribution >= 4 is 22.9 Å². The number of ether oxygens (including phenoxy) is 2. The molecule has 1 fully saturated rings. The molecular formula is C27H28N4O3. The highest BCUT2D eigenvalue weighted by Crippen LogP contribution is 2.25. The fraction of sp³-hybridized carbons (Fsp3) is 0.259. The third-order valence-corrected chi connectivity index (χ3v) is 6.15. The highest BCUT2D eigenvalue weighted by molar-refractivity contribution is 5.80. The number of fused-ring (bicyclic) bond motifs is 1. The molecule has 1 aromatic heterocycles. The van der Waals surface area contributed by atoms with Crippen LogP contribution in [0.1, 0.15) is 5.56 Å². The molecule has 0 N–H and O–H groups in total. The Hall–Kier alpha value is -4.00. The molecular weight excluding hydrogens is 428 g/mol. The van der Waals surface area contributed by atoms with Gasteiger partial charge in [-0.05, 0) is 42.0 Å². The summed E-state index contributed by atoms with van der Waals surface area (Å²) in [4.78, 5) is 21.8. The Bertz CT molecular complexity index is 1250. The molecule has 1 aliphatic rings. The Morgan fingerprint density at radius 3 is 2.26 bits per heavy atom. The summed E-state index contributed by atoms with van der Waals surface area (Å²) in [5.41, 5.74) is 3.34. The van der Waals surface area contributed by atoms with Crippen LogP contribution in [0.25, 0.3) is 11.0 Å². The monoisotopic (exact) mass is 456 g/mol. The molecule has 4 aromatic rings. The van der Waals surface area contributed by atoms with Gasteiger partial charge in [-0.25, -0.2) is 4.98 Å². The van der Waals surface area contributed by atoms with Crippen molar-refractivity contribution in [2.75, 3.05) is 44.8 Å². The molecule has 3 aromatic carbocycles. The first-order valence-electron chi connectivity index (χ1n) is 11.5. The van der Waals surface area contributed by atoms with Crippen LogP contribution < -0.4 is 14.4 Å². The lowest BCUT2D eigenvalue weighted by Crippen LogP contribution is -2.50. The van der Waals surface area contributed by atoms with E-state index in [0.717, 1.165) is 42.4 Å². The second-order valence-electron chi connectivity index (χ2n) is 8.30. The highest BCUT2D eigenvalue weighted by Gasteiger charge is 2.25. The Morgan fingerprint density at radius 1 is 0.853 bits per heavy atom. The summed E-state index contributed by atoms with van der Waals surface area (Å²) in [7, 11) is 1.62. The van der Waals surface area contributed by atoms with Crippen LogP contribution in [-0.4, -0.2) is 60.3 Å². The SMILES string of the molecule is COc1ccc(OCC(=O)N2CCN(c3nc4ccccc4n3Cc3ccccc3)CC2)cc1. The lowest BCUT2D eigenvalue weighted by molar-refractivity contribution is -0.133. The van der Waals surface area contributed by atoms with Crippen molar-refractivity contribution in [1.29, 1.82) is 0 Å². The number of piperazine rings is 1. The minimum absolute atomic E-state index is 0.00624. The molecule has 34 heavy (non-hydrogen) atoms. The number of aromatic nitrogens is 2. The van der Waals surface area contributed by atoms with Gasteiger partial charge in [0.25, 0.3) is 5.91 Å². The number of benzene rings is 3. The molecule has 2 heterocycles. The molecule has 0 unspecified atom stereocenters. The lowest BCUT2D eigenvalue weighted by atomic mass is 10.2. The molecule has 174 valence electrons. The summed E-state index contributed by atoms with van der Waals surface area (Å²) in [5, 5.41) is 0. The van der Waals surface area contributed by atoms with Crippen molar-refractivity contribution in [3.05, 3.63) is 84.4 Å². The van der Waals surface area contributed by atoms with Crippen LogP contribution in [-0.2, 0) is 11.3 Å². The summed E-state index contributed by atoms with van der Waals surface area (Å²) in [6, 6.07) is 25.9. The Morgan fingerprint density at radius 2 is 1.53 bits per heavy atom. The van der Waals surface area contributed by atoms with Crippen molar-refractivity contribution < 1.29 is 14.3 Å². The maximum absolute atomic E-state index is 12.7. The van der Waals surface area contributed by atoms with Gasteiger partial charge in [0.15, 0.2) is 6.61 Å². The summed E-state index contributed by atoms with van der Waals surface area (Å²) in [6.45, 7) is 3.52. The van der Waals surface area contributed by atoms with Gasteiger partial charge >= 0.3 is 0 Å². The number of nitrogens with zero attached hydrogens (tertiary/aromatic N) is 4. The van der Waals surface area contributed by atoms with Gasteiger partial charge in [-0.2, -0.15) is 0 Å². The van der Waals surface area contributed by atoms with E-state index >= 15 is 0 Å². The number of carbonyl (C=O) groups is 1. The van der Waals surface area contributed by atoms with Gasteiger partial charge in [-0.15, -0.1) is 0 Å². The van der Waals surface area contributed by atoms with E-state index in [1.165, 1.54) is 5.56 Å². The largest absolute Gasteiger partial charge is 0.497 e. The number of anilines is 1. The third-order valence-electron chi connectivity index (χ3n) is 6.15. The van der Waals surface area contributed by atoms with Crippen LogP contribution in [0.3, 0.4) is 0 Å². The van der Waals surface area contributed by atoms with Gasteiger partial charge in [-0.1, -0.05) is 42.5 Å². The first-order valence-corrected chi connectivity index (χ1v) is 11.5. The molecule has 0 saturated carbocycles. The van der Waals surface area contributed by atoms with E-state index in [0.29, 0.717) is 18.8 Å². The van der Waals surface area contributed by atoms with Crippen molar-refractivity contribution in [3.8, 4) is 11.5 Å². The minimum atomic E-state index is -0.00624. The first-order chi connectivity index (χ1) is 16.7. The molecule has 1 amide bonds. The smallest absolute Gasteiger partial charge is 0.260 e. The maximum atomic E-state index is 12.7. The van der Waals surface area contributed by atoms with E-state index in [2.05, 4.69) is 51.9 Å².